The van der Waals surface area contributed by atoms with Gasteiger partial charge in [0.25, 0.3) is 5.56 Å². The number of nitrogens with zero attached hydrogens (tertiary/aromatic N) is 1. The molecule has 1 aromatic rings. The first-order valence-corrected chi connectivity index (χ1v) is 9.38. The van der Waals surface area contributed by atoms with Crippen molar-refractivity contribution in [3.8, 4) is 0 Å². The van der Waals surface area contributed by atoms with Crippen LogP contribution in [0.5, 0.6) is 0 Å². The average molecular weight is 281 g/mol. The molecule has 1 aliphatic carbocycles. The molecule has 4 heteroatoms. The van der Waals surface area contributed by atoms with Crippen LogP contribution in [-0.4, -0.2) is 30.3 Å². The topological polar surface area (TPSA) is 31.2 Å². The van der Waals surface area contributed by atoms with Crippen molar-refractivity contribution in [2.24, 2.45) is 5.92 Å². The van der Waals surface area contributed by atoms with E-state index in [1.54, 1.807) is 0 Å². The van der Waals surface area contributed by atoms with E-state index in [2.05, 4.69) is 24.8 Å². The van der Waals surface area contributed by atoms with E-state index in [-0.39, 0.29) is 16.5 Å². The summed E-state index contributed by atoms with van der Waals surface area (Å²) in [5, 5.41) is 0. The molecular weight excluding hydrogens is 258 g/mol. The molecule has 1 atom stereocenters. The van der Waals surface area contributed by atoms with Gasteiger partial charge in [0, 0.05) is 25.3 Å². The van der Waals surface area contributed by atoms with E-state index in [0.29, 0.717) is 11.8 Å². The molecule has 3 rings (SSSR count). The van der Waals surface area contributed by atoms with Crippen LogP contribution in [0.15, 0.2) is 22.0 Å². The number of aromatic nitrogens is 1. The number of hydrogen-bond donors (Lipinski definition) is 1. The molecule has 0 aromatic carbocycles. The zero-order valence-corrected chi connectivity index (χ0v) is 12.7. The lowest BCUT2D eigenvalue weighted by Gasteiger charge is -2.17. The summed E-state index contributed by atoms with van der Waals surface area (Å²) in [4.78, 5) is 13.6. The predicted octanol–water partition coefficient (Wildman–Crippen LogP) is 2.38. The fraction of sp³-hybridized carbons (Fsp3) is 0.667. The largest absolute Gasteiger partial charge is 0.381 e. The molecule has 0 N–H and O–H groups in total. The van der Waals surface area contributed by atoms with Crippen LogP contribution in [-0.2, 0) is 11.3 Å². The van der Waals surface area contributed by atoms with E-state index in [0.717, 1.165) is 31.1 Å². The van der Waals surface area contributed by atoms with Gasteiger partial charge in [-0.15, -0.1) is 0 Å². The lowest BCUT2D eigenvalue weighted by molar-refractivity contribution is 0.182. The van der Waals surface area contributed by atoms with Crippen molar-refractivity contribution in [3.05, 3.63) is 28.2 Å². The highest BCUT2D eigenvalue weighted by Crippen LogP contribution is 2.41. The minimum atomic E-state index is -0.328. The minimum absolute atomic E-state index is 0.229. The summed E-state index contributed by atoms with van der Waals surface area (Å²) in [5.41, 5.74) is 1.61. The maximum Gasteiger partial charge on any atom is 0.262 e. The maximum absolute atomic E-state index is 12.5. The lowest BCUT2D eigenvalue weighted by atomic mass is 10.1. The summed E-state index contributed by atoms with van der Waals surface area (Å²) in [6, 6.07) is 2.17. The van der Waals surface area contributed by atoms with Gasteiger partial charge in [0.05, 0.1) is 11.5 Å². The number of thiol groups is 1. The van der Waals surface area contributed by atoms with Gasteiger partial charge in [0.2, 0.25) is 0 Å². The van der Waals surface area contributed by atoms with E-state index >= 15 is 0 Å². The van der Waals surface area contributed by atoms with Crippen LogP contribution >= 0.6 is 10.9 Å². The third-order valence-electron chi connectivity index (χ3n) is 4.10. The minimum Gasteiger partial charge on any atom is -0.381 e. The molecule has 0 spiro atoms. The third-order valence-corrected chi connectivity index (χ3v) is 5.38. The van der Waals surface area contributed by atoms with Gasteiger partial charge >= 0.3 is 0 Å². The van der Waals surface area contributed by atoms with Gasteiger partial charge in [-0.2, -0.15) is 0 Å². The molecule has 1 saturated carbocycles. The second-order valence-electron chi connectivity index (χ2n) is 6.01. The molecule has 2 fully saturated rings. The highest BCUT2D eigenvalue weighted by molar-refractivity contribution is 8.15. The summed E-state index contributed by atoms with van der Waals surface area (Å²) < 4.78 is 7.39. The molecule has 1 saturated heterocycles. The summed E-state index contributed by atoms with van der Waals surface area (Å²) in [6.45, 7) is 2.49. The molecule has 2 aliphatic rings. The average Bonchev–Trinajstić information content (AvgIpc) is 3.10. The van der Waals surface area contributed by atoms with Gasteiger partial charge in [0.1, 0.15) is 0 Å². The summed E-state index contributed by atoms with van der Waals surface area (Å²) in [6.07, 6.45) is 10.1. The van der Waals surface area contributed by atoms with E-state index in [9.17, 15) is 4.79 Å². The lowest BCUT2D eigenvalue weighted by Crippen LogP contribution is -2.26. The van der Waals surface area contributed by atoms with E-state index in [4.69, 9.17) is 4.74 Å². The molecular formula is C15H23NO2S. The van der Waals surface area contributed by atoms with Crippen molar-refractivity contribution >= 4 is 10.9 Å². The van der Waals surface area contributed by atoms with Gasteiger partial charge in [-0.25, -0.2) is 10.9 Å². The summed E-state index contributed by atoms with van der Waals surface area (Å²) >= 11 is 0. The number of ether oxygens (including phenoxy) is 1. The Morgan fingerprint density at radius 1 is 1.37 bits per heavy atom. The van der Waals surface area contributed by atoms with E-state index in [1.165, 1.54) is 18.4 Å². The Balaban J connectivity index is 1.93. The fourth-order valence-corrected chi connectivity index (χ4v) is 3.66. The van der Waals surface area contributed by atoms with Crippen LogP contribution in [0.25, 0.3) is 0 Å². The fourth-order valence-electron chi connectivity index (χ4n) is 2.74. The van der Waals surface area contributed by atoms with E-state index < -0.39 is 0 Å². The molecule has 1 aliphatic heterocycles. The second-order valence-corrected chi connectivity index (χ2v) is 8.29. The number of hydrogen-bond acceptors (Lipinski definition) is 2. The quantitative estimate of drug-likeness (QED) is 0.859. The van der Waals surface area contributed by atoms with Gasteiger partial charge in [-0.3, -0.25) is 4.79 Å². The molecule has 0 bridgehead atoms. The molecule has 0 radical (unpaired) electrons. The molecule has 2 heterocycles. The van der Waals surface area contributed by atoms with Crippen LogP contribution in [0.2, 0.25) is 0 Å². The molecule has 3 nitrogen and oxygen atoms in total. The van der Waals surface area contributed by atoms with Crippen molar-refractivity contribution in [1.29, 1.82) is 0 Å². The van der Waals surface area contributed by atoms with Gasteiger partial charge in [0.15, 0.2) is 0 Å². The molecule has 106 valence electrons. The van der Waals surface area contributed by atoms with Crippen molar-refractivity contribution in [1.82, 2.24) is 4.57 Å². The summed E-state index contributed by atoms with van der Waals surface area (Å²) in [5.74, 6) is 1.22. The Morgan fingerprint density at radius 2 is 2.16 bits per heavy atom. The Labute approximate surface area is 117 Å². The van der Waals surface area contributed by atoms with Crippen LogP contribution < -0.4 is 5.56 Å². The normalized spacial score (nSPS) is 23.7. The Kier molecular flexibility index (Phi) is 3.72. The standard InChI is InChI=1S/C15H23NO2S/c1-19(2)14-7-13(12-3-4-12)9-16(15(14)17)8-11-5-6-18-10-11/h7,9,11-12,19H,3-6,8,10H2,1-2H3. The first kappa shape index (κ1) is 13.3. The van der Waals surface area contributed by atoms with Crippen LogP contribution in [0.3, 0.4) is 0 Å². The van der Waals surface area contributed by atoms with Crippen molar-refractivity contribution < 1.29 is 4.74 Å². The van der Waals surface area contributed by atoms with Crippen LogP contribution in [0, 0.1) is 5.92 Å². The van der Waals surface area contributed by atoms with Gasteiger partial charge in [-0.05, 0) is 49.3 Å². The van der Waals surface area contributed by atoms with Crippen molar-refractivity contribution in [2.45, 2.75) is 36.6 Å². The zero-order valence-electron chi connectivity index (χ0n) is 11.8. The van der Waals surface area contributed by atoms with Crippen molar-refractivity contribution in [3.63, 3.8) is 0 Å². The van der Waals surface area contributed by atoms with Crippen LogP contribution in [0.4, 0.5) is 0 Å². The van der Waals surface area contributed by atoms with Gasteiger partial charge < -0.3 is 9.30 Å². The predicted molar refractivity (Wildman–Crippen MR) is 80.7 cm³/mol. The molecule has 0 amide bonds. The number of pyridine rings is 1. The zero-order chi connectivity index (χ0) is 13.4. The molecule has 19 heavy (non-hydrogen) atoms. The first-order chi connectivity index (χ1) is 9.15. The SMILES string of the molecule is C[SH](C)c1cc(C2CC2)cn(CC2CCOC2)c1=O. The second kappa shape index (κ2) is 5.33. The van der Waals surface area contributed by atoms with Gasteiger partial charge in [-0.1, -0.05) is 0 Å². The highest BCUT2D eigenvalue weighted by atomic mass is 32.2. The van der Waals surface area contributed by atoms with Crippen molar-refractivity contribution in [2.75, 3.05) is 25.7 Å². The smallest absolute Gasteiger partial charge is 0.262 e. The first-order valence-electron chi connectivity index (χ1n) is 7.14. The molecule has 1 aromatic heterocycles. The monoisotopic (exact) mass is 281 g/mol. The summed E-state index contributed by atoms with van der Waals surface area (Å²) in [7, 11) is -0.328. The highest BCUT2D eigenvalue weighted by Gasteiger charge is 2.26. The maximum atomic E-state index is 12.5. The van der Waals surface area contributed by atoms with E-state index in [1.807, 2.05) is 4.57 Å². The van der Waals surface area contributed by atoms with Crippen LogP contribution in [0.1, 0.15) is 30.7 Å². The molecule has 1 unspecified atom stereocenters. The Bertz CT molecular complexity index is 513. The Hall–Kier alpha value is -0.740. The third kappa shape index (κ3) is 2.90. The Morgan fingerprint density at radius 3 is 2.74 bits per heavy atom. The number of rotatable bonds is 4.